The van der Waals surface area contributed by atoms with Crippen molar-refractivity contribution in [1.82, 2.24) is 0 Å². The van der Waals surface area contributed by atoms with Gasteiger partial charge in [-0.15, -0.1) is 0 Å². The molecule has 1 unspecified atom stereocenters. The maximum absolute atomic E-state index is 2.41. The van der Waals surface area contributed by atoms with Gasteiger partial charge in [0, 0.05) is 5.92 Å². The van der Waals surface area contributed by atoms with Gasteiger partial charge in [-0.1, -0.05) is 109 Å². The van der Waals surface area contributed by atoms with Crippen LogP contribution in [0.4, 0.5) is 0 Å². The van der Waals surface area contributed by atoms with Crippen molar-refractivity contribution in [3.05, 3.63) is 124 Å². The van der Waals surface area contributed by atoms with E-state index in [2.05, 4.69) is 120 Å². The molecular weight excluding hydrogens is 420 g/mol. The lowest BCUT2D eigenvalue weighted by atomic mass is 9.78. The van der Waals surface area contributed by atoms with Gasteiger partial charge in [0.15, 0.2) is 0 Å². The van der Waals surface area contributed by atoms with Crippen molar-refractivity contribution in [3.8, 4) is 33.4 Å². The lowest BCUT2D eigenvalue weighted by Crippen LogP contribution is -2.04. The summed E-state index contributed by atoms with van der Waals surface area (Å²) in [5.41, 5.74) is 19.4. The minimum absolute atomic E-state index is 0.353. The van der Waals surface area contributed by atoms with Crippen LogP contribution in [0.3, 0.4) is 0 Å². The molecule has 0 amide bonds. The molecule has 4 aromatic carbocycles. The fraction of sp³-hybridized carbons (Fsp3) is 0.200. The van der Waals surface area contributed by atoms with E-state index < -0.39 is 0 Å². The van der Waals surface area contributed by atoms with Gasteiger partial charge >= 0.3 is 0 Å². The maximum Gasteiger partial charge on any atom is 0.00798 e. The number of rotatable bonds is 3. The second kappa shape index (κ2) is 8.24. The van der Waals surface area contributed by atoms with Crippen LogP contribution in [0.5, 0.6) is 0 Å². The third-order valence-electron chi connectivity index (χ3n) is 7.94. The van der Waals surface area contributed by atoms with Crippen molar-refractivity contribution >= 4 is 5.57 Å². The zero-order valence-corrected chi connectivity index (χ0v) is 21.4. The lowest BCUT2D eigenvalue weighted by Gasteiger charge is -2.25. The van der Waals surface area contributed by atoms with E-state index in [1.807, 2.05) is 0 Å². The Hall–Kier alpha value is -3.64. The second-order valence-corrected chi connectivity index (χ2v) is 10.4. The van der Waals surface area contributed by atoms with Gasteiger partial charge in [-0.3, -0.25) is 0 Å². The van der Waals surface area contributed by atoms with E-state index in [9.17, 15) is 0 Å². The highest BCUT2D eigenvalue weighted by molar-refractivity contribution is 6.02. The van der Waals surface area contributed by atoms with Crippen molar-refractivity contribution < 1.29 is 0 Å². The topological polar surface area (TPSA) is 0 Å². The number of fused-ring (bicyclic) bond motifs is 3. The number of benzene rings is 4. The maximum atomic E-state index is 2.41. The smallest absolute Gasteiger partial charge is 0.00798 e. The average molecular weight is 453 g/mol. The second-order valence-electron chi connectivity index (χ2n) is 10.4. The van der Waals surface area contributed by atoms with Gasteiger partial charge < -0.3 is 0 Å². The third-order valence-corrected chi connectivity index (χ3v) is 7.94. The minimum atomic E-state index is 0.353. The molecule has 0 bridgehead atoms. The van der Waals surface area contributed by atoms with Crippen LogP contribution >= 0.6 is 0 Å². The summed E-state index contributed by atoms with van der Waals surface area (Å²) in [6.07, 6.45) is 7.84. The molecular formula is C35H32. The Balaban J connectivity index is 1.79. The summed E-state index contributed by atoms with van der Waals surface area (Å²) in [5, 5.41) is 0. The van der Waals surface area contributed by atoms with Crippen LogP contribution in [-0.4, -0.2) is 0 Å². The number of allylic oxidation sites excluding steroid dienone is 4. The van der Waals surface area contributed by atoms with Crippen molar-refractivity contribution in [1.29, 1.82) is 0 Å². The Morgan fingerprint density at radius 2 is 1.20 bits per heavy atom. The van der Waals surface area contributed by atoms with Crippen LogP contribution in [0.15, 0.2) is 85.0 Å². The van der Waals surface area contributed by atoms with Gasteiger partial charge in [0.2, 0.25) is 0 Å². The zero-order chi connectivity index (χ0) is 24.3. The first-order valence-electron chi connectivity index (χ1n) is 12.8. The summed E-state index contributed by atoms with van der Waals surface area (Å²) in [4.78, 5) is 0. The standard InChI is InChI=1S/C35H32/c1-21-10-15-27(16-11-21)31-25(5)32(28-17-12-22(2)13-18-28)35-30-20-23(3)14-19-29(30)24(4)33(35)34(31)26-8-6-7-9-26/h6-8,10-20,24H,9H2,1-5H3. The Bertz CT molecular complexity index is 1520. The van der Waals surface area contributed by atoms with E-state index in [1.54, 1.807) is 0 Å². The van der Waals surface area contributed by atoms with Crippen molar-refractivity contribution in [2.24, 2.45) is 0 Å². The van der Waals surface area contributed by atoms with Crippen molar-refractivity contribution in [2.45, 2.75) is 47.0 Å². The molecule has 1 atom stereocenters. The summed E-state index contributed by atoms with van der Waals surface area (Å²) < 4.78 is 0. The fourth-order valence-electron chi connectivity index (χ4n) is 6.16. The quantitative estimate of drug-likeness (QED) is 0.290. The van der Waals surface area contributed by atoms with Gasteiger partial charge in [0.05, 0.1) is 0 Å². The first-order valence-corrected chi connectivity index (χ1v) is 12.8. The molecule has 4 aromatic rings. The number of hydrogen-bond donors (Lipinski definition) is 0. The Kier molecular flexibility index (Phi) is 5.15. The molecule has 0 N–H and O–H groups in total. The van der Waals surface area contributed by atoms with Gasteiger partial charge in [-0.05, 0) is 95.3 Å². The first-order chi connectivity index (χ1) is 16.9. The molecule has 35 heavy (non-hydrogen) atoms. The van der Waals surface area contributed by atoms with Crippen molar-refractivity contribution in [3.63, 3.8) is 0 Å². The predicted molar refractivity (Wildman–Crippen MR) is 151 cm³/mol. The monoisotopic (exact) mass is 452 g/mol. The van der Waals surface area contributed by atoms with Crippen molar-refractivity contribution in [2.75, 3.05) is 0 Å². The molecule has 0 heterocycles. The van der Waals surface area contributed by atoms with Gasteiger partial charge in [-0.2, -0.15) is 0 Å². The highest BCUT2D eigenvalue weighted by atomic mass is 14.4. The molecule has 172 valence electrons. The van der Waals surface area contributed by atoms with Crippen LogP contribution in [0, 0.1) is 27.7 Å². The molecule has 0 radical (unpaired) electrons. The van der Waals surface area contributed by atoms with E-state index in [4.69, 9.17) is 0 Å². The van der Waals surface area contributed by atoms with Crippen LogP contribution in [0.1, 0.15) is 58.2 Å². The van der Waals surface area contributed by atoms with Gasteiger partial charge in [0.1, 0.15) is 0 Å². The molecule has 0 aliphatic heterocycles. The summed E-state index contributed by atoms with van der Waals surface area (Å²) in [5.74, 6) is 0.353. The molecule has 6 rings (SSSR count). The largest absolute Gasteiger partial charge is 0.0801 e. The Labute approximate surface area is 209 Å². The van der Waals surface area contributed by atoms with Crippen LogP contribution < -0.4 is 0 Å². The van der Waals surface area contributed by atoms with Gasteiger partial charge in [0.25, 0.3) is 0 Å². The fourth-order valence-corrected chi connectivity index (χ4v) is 6.16. The summed E-state index contributed by atoms with van der Waals surface area (Å²) in [6.45, 7) is 11.3. The molecule has 0 saturated carbocycles. The van der Waals surface area contributed by atoms with E-state index in [0.29, 0.717) is 5.92 Å². The normalized spacial score (nSPS) is 15.8. The minimum Gasteiger partial charge on any atom is -0.0801 e. The number of hydrogen-bond acceptors (Lipinski definition) is 0. The van der Waals surface area contributed by atoms with Crippen LogP contribution in [0.25, 0.3) is 39.0 Å². The molecule has 0 aromatic heterocycles. The predicted octanol–water partition coefficient (Wildman–Crippen LogP) is 9.73. The SMILES string of the molecule is Cc1ccc(-c2c(C)c(-c3ccc(C)cc3)c3c(c2C2=CC=CC2)C(C)c2ccc(C)cc2-3)cc1. The van der Waals surface area contributed by atoms with Crippen LogP contribution in [-0.2, 0) is 0 Å². The summed E-state index contributed by atoms with van der Waals surface area (Å²) in [6, 6.07) is 25.3. The molecule has 0 heteroatoms. The van der Waals surface area contributed by atoms with E-state index in [1.165, 1.54) is 77.9 Å². The highest BCUT2D eigenvalue weighted by Crippen LogP contribution is 2.56. The Morgan fingerprint density at radius 1 is 0.629 bits per heavy atom. The lowest BCUT2D eigenvalue weighted by molar-refractivity contribution is 0.950. The van der Waals surface area contributed by atoms with E-state index >= 15 is 0 Å². The van der Waals surface area contributed by atoms with Gasteiger partial charge in [-0.25, -0.2) is 0 Å². The molecule has 0 fully saturated rings. The Morgan fingerprint density at radius 3 is 1.77 bits per heavy atom. The molecule has 0 spiro atoms. The molecule has 2 aliphatic carbocycles. The average Bonchev–Trinajstić information content (AvgIpc) is 3.47. The zero-order valence-electron chi connectivity index (χ0n) is 21.4. The van der Waals surface area contributed by atoms with E-state index in [-0.39, 0.29) is 0 Å². The molecule has 0 nitrogen and oxygen atoms in total. The summed E-state index contributed by atoms with van der Waals surface area (Å²) >= 11 is 0. The number of aryl methyl sites for hydroxylation is 3. The third kappa shape index (κ3) is 3.43. The summed E-state index contributed by atoms with van der Waals surface area (Å²) in [7, 11) is 0. The van der Waals surface area contributed by atoms with E-state index in [0.717, 1.165) is 6.42 Å². The molecule has 2 aliphatic rings. The molecule has 0 saturated heterocycles. The van der Waals surface area contributed by atoms with Crippen LogP contribution in [0.2, 0.25) is 0 Å². The first kappa shape index (κ1) is 21.9. The highest BCUT2D eigenvalue weighted by Gasteiger charge is 2.35.